The summed E-state index contributed by atoms with van der Waals surface area (Å²) in [5, 5.41) is 0. The van der Waals surface area contributed by atoms with Crippen molar-refractivity contribution in [2.24, 2.45) is 0 Å². The summed E-state index contributed by atoms with van der Waals surface area (Å²) in [5.41, 5.74) is -1.17. The molecule has 0 aliphatic rings. The molecule has 21 heavy (non-hydrogen) atoms. The van der Waals surface area contributed by atoms with Crippen molar-refractivity contribution in [3.05, 3.63) is 34.2 Å². The zero-order valence-electron chi connectivity index (χ0n) is 11.4. The molecule has 0 spiro atoms. The molecule has 9 heteroatoms. The fraction of sp³-hybridized carbons (Fsp3) is 0.417. The molecular formula is C12H14F3N3O3. The number of aromatic nitrogens is 1. The number of likely N-dealkylation sites (N-methyl/N-ethyl adjacent to an activating group) is 1. The molecule has 0 saturated carbocycles. The summed E-state index contributed by atoms with van der Waals surface area (Å²) in [4.78, 5) is 38.9. The van der Waals surface area contributed by atoms with E-state index in [9.17, 15) is 27.6 Å². The topological polar surface area (TPSA) is 73.5 Å². The van der Waals surface area contributed by atoms with Crippen molar-refractivity contribution < 1.29 is 22.8 Å². The highest BCUT2D eigenvalue weighted by atomic mass is 19.4. The van der Waals surface area contributed by atoms with Gasteiger partial charge in [-0.3, -0.25) is 14.4 Å². The highest BCUT2D eigenvalue weighted by Gasteiger charge is 2.35. The number of rotatable bonds is 4. The summed E-state index contributed by atoms with van der Waals surface area (Å²) in [7, 11) is 2.71. The normalized spacial score (nSPS) is 11.1. The van der Waals surface area contributed by atoms with E-state index in [1.165, 1.54) is 20.3 Å². The molecule has 1 aromatic rings. The summed E-state index contributed by atoms with van der Waals surface area (Å²) < 4.78 is 37.6. The van der Waals surface area contributed by atoms with Crippen LogP contribution < -0.4 is 5.43 Å². The maximum atomic E-state index is 12.5. The van der Waals surface area contributed by atoms with Crippen LogP contribution in [0.3, 0.4) is 0 Å². The van der Waals surface area contributed by atoms with Crippen molar-refractivity contribution in [1.82, 2.24) is 14.8 Å². The van der Waals surface area contributed by atoms with E-state index in [4.69, 9.17) is 0 Å². The van der Waals surface area contributed by atoms with E-state index >= 15 is 0 Å². The van der Waals surface area contributed by atoms with Crippen molar-refractivity contribution in [3.8, 4) is 0 Å². The third kappa shape index (κ3) is 4.93. The Kier molecular flexibility index (Phi) is 5.12. The van der Waals surface area contributed by atoms with Crippen LogP contribution in [0.25, 0.3) is 0 Å². The van der Waals surface area contributed by atoms with Crippen LogP contribution in [0.1, 0.15) is 10.4 Å². The van der Waals surface area contributed by atoms with Crippen LogP contribution in [0.2, 0.25) is 0 Å². The molecule has 0 aliphatic carbocycles. The average molecular weight is 305 g/mol. The first-order valence-corrected chi connectivity index (χ1v) is 5.85. The summed E-state index contributed by atoms with van der Waals surface area (Å²) in [5.74, 6) is -1.83. The standard InChI is InChI=1S/C12H14F3N3O3/c1-17(2)10(20)6-18(7-12(13,14)15)11(21)8-5-16-4-3-9(8)19/h3-5H,6-7H2,1-2H3,(H,16,19). The number of aromatic amines is 1. The van der Waals surface area contributed by atoms with E-state index in [-0.39, 0.29) is 0 Å². The maximum Gasteiger partial charge on any atom is 0.406 e. The lowest BCUT2D eigenvalue weighted by Crippen LogP contribution is -2.45. The second-order valence-corrected chi connectivity index (χ2v) is 4.49. The summed E-state index contributed by atoms with van der Waals surface area (Å²) in [6.07, 6.45) is -2.42. The molecule has 1 aromatic heterocycles. The Morgan fingerprint density at radius 1 is 1.29 bits per heavy atom. The summed E-state index contributed by atoms with van der Waals surface area (Å²) >= 11 is 0. The number of halogens is 3. The lowest BCUT2D eigenvalue weighted by atomic mass is 10.2. The first-order chi connectivity index (χ1) is 9.61. The number of carbonyl (C=O) groups is 2. The maximum absolute atomic E-state index is 12.5. The quantitative estimate of drug-likeness (QED) is 0.878. The van der Waals surface area contributed by atoms with Crippen LogP contribution in [-0.2, 0) is 4.79 Å². The van der Waals surface area contributed by atoms with Gasteiger partial charge in [-0.25, -0.2) is 0 Å². The van der Waals surface area contributed by atoms with Gasteiger partial charge in [-0.05, 0) is 0 Å². The minimum atomic E-state index is -4.68. The molecular weight excluding hydrogens is 291 g/mol. The molecule has 0 bridgehead atoms. The van der Waals surface area contributed by atoms with E-state index in [1.807, 2.05) is 0 Å². The van der Waals surface area contributed by atoms with Crippen LogP contribution >= 0.6 is 0 Å². The zero-order chi connectivity index (χ0) is 16.2. The van der Waals surface area contributed by atoms with Gasteiger partial charge in [0.2, 0.25) is 5.91 Å². The number of hydrogen-bond donors (Lipinski definition) is 1. The van der Waals surface area contributed by atoms with E-state index in [1.54, 1.807) is 0 Å². The Morgan fingerprint density at radius 2 is 1.90 bits per heavy atom. The molecule has 0 atom stereocenters. The third-order valence-electron chi connectivity index (χ3n) is 2.54. The second kappa shape index (κ2) is 6.42. The lowest BCUT2D eigenvalue weighted by Gasteiger charge is -2.24. The minimum absolute atomic E-state index is 0.299. The van der Waals surface area contributed by atoms with Gasteiger partial charge in [0.15, 0.2) is 5.43 Å². The van der Waals surface area contributed by atoms with E-state index in [0.717, 1.165) is 17.2 Å². The van der Waals surface area contributed by atoms with Gasteiger partial charge in [0, 0.05) is 32.6 Å². The number of nitrogens with one attached hydrogen (secondary N) is 1. The predicted molar refractivity (Wildman–Crippen MR) is 67.7 cm³/mol. The molecule has 1 N–H and O–H groups in total. The first-order valence-electron chi connectivity index (χ1n) is 5.85. The Hall–Kier alpha value is -2.32. The number of carbonyl (C=O) groups excluding carboxylic acids is 2. The van der Waals surface area contributed by atoms with Gasteiger partial charge in [-0.15, -0.1) is 0 Å². The van der Waals surface area contributed by atoms with Crippen molar-refractivity contribution >= 4 is 11.8 Å². The molecule has 2 amide bonds. The van der Waals surface area contributed by atoms with Crippen LogP contribution in [0.4, 0.5) is 13.2 Å². The van der Waals surface area contributed by atoms with Gasteiger partial charge in [0.1, 0.15) is 18.7 Å². The molecule has 0 fully saturated rings. The molecule has 0 aromatic carbocycles. The smallest absolute Gasteiger partial charge is 0.367 e. The van der Waals surface area contributed by atoms with Crippen molar-refractivity contribution in [2.75, 3.05) is 27.2 Å². The van der Waals surface area contributed by atoms with E-state index in [2.05, 4.69) is 4.98 Å². The Bertz CT molecular complexity index is 581. The molecule has 116 valence electrons. The summed E-state index contributed by atoms with van der Waals surface area (Å²) in [6, 6.07) is 1.02. The predicted octanol–water partition coefficient (Wildman–Crippen LogP) is 0.468. The number of amides is 2. The third-order valence-corrected chi connectivity index (χ3v) is 2.54. The Labute approximate surface area is 118 Å². The Balaban J connectivity index is 3.06. The first kappa shape index (κ1) is 16.7. The van der Waals surface area contributed by atoms with Gasteiger partial charge in [-0.2, -0.15) is 13.2 Å². The molecule has 1 rings (SSSR count). The Morgan fingerprint density at radius 3 is 2.38 bits per heavy atom. The highest BCUT2D eigenvalue weighted by molar-refractivity contribution is 5.96. The largest absolute Gasteiger partial charge is 0.406 e. The van der Waals surface area contributed by atoms with Gasteiger partial charge < -0.3 is 14.8 Å². The van der Waals surface area contributed by atoms with Crippen molar-refractivity contribution in [3.63, 3.8) is 0 Å². The number of hydrogen-bond acceptors (Lipinski definition) is 3. The molecule has 0 saturated heterocycles. The van der Waals surface area contributed by atoms with Gasteiger partial charge in [-0.1, -0.05) is 0 Å². The second-order valence-electron chi connectivity index (χ2n) is 4.49. The number of pyridine rings is 1. The molecule has 1 heterocycles. The van der Waals surface area contributed by atoms with Crippen molar-refractivity contribution in [2.45, 2.75) is 6.18 Å². The fourth-order valence-corrected chi connectivity index (χ4v) is 1.47. The van der Waals surface area contributed by atoms with E-state index in [0.29, 0.717) is 4.90 Å². The number of alkyl halides is 3. The van der Waals surface area contributed by atoms with Crippen LogP contribution in [0.5, 0.6) is 0 Å². The van der Waals surface area contributed by atoms with Gasteiger partial charge >= 0.3 is 6.18 Å². The minimum Gasteiger partial charge on any atom is -0.367 e. The van der Waals surface area contributed by atoms with Gasteiger partial charge in [0.25, 0.3) is 5.91 Å². The number of nitrogens with zero attached hydrogens (tertiary/aromatic N) is 2. The molecule has 0 unspecified atom stereocenters. The van der Waals surface area contributed by atoms with Crippen LogP contribution in [0.15, 0.2) is 23.3 Å². The molecule has 0 aliphatic heterocycles. The fourth-order valence-electron chi connectivity index (χ4n) is 1.47. The number of H-pyrrole nitrogens is 1. The summed E-state index contributed by atoms with van der Waals surface area (Å²) in [6.45, 7) is -2.38. The van der Waals surface area contributed by atoms with Crippen molar-refractivity contribution in [1.29, 1.82) is 0 Å². The lowest BCUT2D eigenvalue weighted by molar-refractivity contribution is -0.146. The zero-order valence-corrected chi connectivity index (χ0v) is 11.4. The SMILES string of the molecule is CN(C)C(=O)CN(CC(F)(F)F)C(=O)c1c[nH]ccc1=O. The van der Waals surface area contributed by atoms with Crippen LogP contribution in [0, 0.1) is 0 Å². The molecule has 6 nitrogen and oxygen atoms in total. The monoisotopic (exact) mass is 305 g/mol. The average Bonchev–Trinajstić information content (AvgIpc) is 2.36. The van der Waals surface area contributed by atoms with Gasteiger partial charge in [0.05, 0.1) is 0 Å². The molecule has 0 radical (unpaired) electrons. The van der Waals surface area contributed by atoms with Crippen LogP contribution in [-0.4, -0.2) is 60.0 Å². The van der Waals surface area contributed by atoms with E-state index < -0.39 is 42.1 Å². The highest BCUT2D eigenvalue weighted by Crippen LogP contribution is 2.17.